The minimum Gasteiger partial charge on any atom is -0.444 e. The summed E-state index contributed by atoms with van der Waals surface area (Å²) in [5.41, 5.74) is 6.06. The van der Waals surface area contributed by atoms with Crippen LogP contribution in [0.15, 0.2) is 30.8 Å². The molecule has 0 aromatic heterocycles. The van der Waals surface area contributed by atoms with Crippen molar-refractivity contribution >= 4 is 29.9 Å². The van der Waals surface area contributed by atoms with Gasteiger partial charge < -0.3 is 26.0 Å². The van der Waals surface area contributed by atoms with Crippen LogP contribution in [0.5, 0.6) is 0 Å². The molecule has 0 spiro atoms. The summed E-state index contributed by atoms with van der Waals surface area (Å²) in [4.78, 5) is 53.4. The van der Waals surface area contributed by atoms with Gasteiger partial charge in [-0.1, -0.05) is 44.2 Å². The van der Waals surface area contributed by atoms with Crippen molar-refractivity contribution in [3.8, 4) is 0 Å². The van der Waals surface area contributed by atoms with Crippen molar-refractivity contribution in [3.05, 3.63) is 42.0 Å². The molecule has 9 nitrogen and oxygen atoms in total. The highest BCUT2D eigenvalue weighted by Crippen LogP contribution is 2.34. The van der Waals surface area contributed by atoms with Gasteiger partial charge in [0.25, 0.3) is 0 Å². The van der Waals surface area contributed by atoms with Crippen molar-refractivity contribution in [2.45, 2.75) is 89.9 Å². The number of carbonyl (C=O) groups excluding carboxylic acids is 4. The van der Waals surface area contributed by atoms with Crippen LogP contribution in [0.4, 0.5) is 4.79 Å². The first-order valence-electron chi connectivity index (χ1n) is 12.6. The zero-order valence-corrected chi connectivity index (χ0v) is 21.8. The van der Waals surface area contributed by atoms with Crippen molar-refractivity contribution in [2.24, 2.45) is 5.73 Å². The Bertz CT molecular complexity index is 952. The molecule has 2 atom stereocenters. The second-order valence-electron chi connectivity index (χ2n) is 10.1. The molecular weight excluding hydrogens is 460 g/mol. The quantitative estimate of drug-likeness (QED) is 0.379. The lowest BCUT2D eigenvalue weighted by Gasteiger charge is -2.43. The maximum atomic E-state index is 14.0. The fourth-order valence-electron chi connectivity index (χ4n) is 3.99. The van der Waals surface area contributed by atoms with Gasteiger partial charge in [-0.3, -0.25) is 14.4 Å². The summed E-state index contributed by atoms with van der Waals surface area (Å²) in [6.45, 7) is 11.4. The van der Waals surface area contributed by atoms with Crippen LogP contribution in [0.2, 0.25) is 0 Å². The first kappa shape index (κ1) is 28.9. The molecule has 0 radical (unpaired) electrons. The van der Waals surface area contributed by atoms with E-state index in [0.717, 1.165) is 24.8 Å². The normalized spacial score (nSPS) is 15.1. The van der Waals surface area contributed by atoms with Crippen molar-refractivity contribution in [1.82, 2.24) is 15.5 Å². The van der Waals surface area contributed by atoms with Crippen LogP contribution in [0.1, 0.15) is 83.4 Å². The highest BCUT2D eigenvalue weighted by Gasteiger charge is 2.42. The maximum absolute atomic E-state index is 14.0. The van der Waals surface area contributed by atoms with Gasteiger partial charge in [0.2, 0.25) is 17.7 Å². The van der Waals surface area contributed by atoms with E-state index in [4.69, 9.17) is 10.5 Å². The summed E-state index contributed by atoms with van der Waals surface area (Å²) in [6, 6.07) is 4.84. The SMILES string of the molecule is C=Cc1cccc(C(C(=O)NCCCC)N(C(=O)C(CC(N)=O)NC(=O)OC(C)(C)C)C2CCC2)c1. The second kappa shape index (κ2) is 13.1. The van der Waals surface area contributed by atoms with E-state index in [1.807, 2.05) is 25.1 Å². The molecule has 0 aliphatic heterocycles. The van der Waals surface area contributed by atoms with Crippen molar-refractivity contribution in [3.63, 3.8) is 0 Å². The smallest absolute Gasteiger partial charge is 0.408 e. The number of nitrogens with zero attached hydrogens (tertiary/aromatic N) is 1. The standard InChI is InChI=1S/C27H40N4O5/c1-6-8-15-29-24(33)23(19-12-9-11-18(7-2)16-19)31(20-13-10-14-20)25(34)21(17-22(28)32)30-26(35)36-27(3,4)5/h7,9,11-12,16,20-21,23H,2,6,8,10,13-15,17H2,1,3-5H3,(H2,28,32)(H,29,33)(H,30,35). The van der Waals surface area contributed by atoms with Gasteiger partial charge in [-0.25, -0.2) is 4.79 Å². The van der Waals surface area contributed by atoms with E-state index < -0.39 is 42.0 Å². The molecule has 198 valence electrons. The predicted octanol–water partition coefficient (Wildman–Crippen LogP) is 3.44. The summed E-state index contributed by atoms with van der Waals surface area (Å²) >= 11 is 0. The second-order valence-corrected chi connectivity index (χ2v) is 10.1. The number of unbranched alkanes of at least 4 members (excludes halogenated alkanes) is 1. The number of hydrogen-bond donors (Lipinski definition) is 3. The number of ether oxygens (including phenoxy) is 1. The third kappa shape index (κ3) is 8.39. The number of primary amides is 1. The Hall–Kier alpha value is -3.36. The first-order chi connectivity index (χ1) is 17.0. The molecule has 0 bridgehead atoms. The van der Waals surface area contributed by atoms with Crippen molar-refractivity contribution < 1.29 is 23.9 Å². The largest absolute Gasteiger partial charge is 0.444 e. The number of carbonyl (C=O) groups is 4. The van der Waals surface area contributed by atoms with Crippen LogP contribution < -0.4 is 16.4 Å². The molecule has 36 heavy (non-hydrogen) atoms. The molecular formula is C27H40N4O5. The highest BCUT2D eigenvalue weighted by atomic mass is 16.6. The molecule has 1 aliphatic carbocycles. The Morgan fingerprint density at radius 3 is 2.47 bits per heavy atom. The number of nitrogens with one attached hydrogen (secondary N) is 2. The van der Waals surface area contributed by atoms with Crippen LogP contribution >= 0.6 is 0 Å². The summed E-state index contributed by atoms with van der Waals surface area (Å²) in [5, 5.41) is 5.45. The molecule has 4 N–H and O–H groups in total. The van der Waals surface area contributed by atoms with Gasteiger partial charge in [0.15, 0.2) is 0 Å². The summed E-state index contributed by atoms with van der Waals surface area (Å²) < 4.78 is 5.31. The highest BCUT2D eigenvalue weighted by molar-refractivity contribution is 5.94. The molecule has 0 saturated heterocycles. The van der Waals surface area contributed by atoms with Crippen LogP contribution in [-0.2, 0) is 19.1 Å². The molecule has 0 heterocycles. The van der Waals surface area contributed by atoms with E-state index in [9.17, 15) is 19.2 Å². The Balaban J connectivity index is 2.49. The Labute approximate surface area is 213 Å². The van der Waals surface area contributed by atoms with Gasteiger partial charge >= 0.3 is 6.09 Å². The van der Waals surface area contributed by atoms with E-state index in [2.05, 4.69) is 17.2 Å². The van der Waals surface area contributed by atoms with Crippen LogP contribution in [-0.4, -0.2) is 52.9 Å². The van der Waals surface area contributed by atoms with Gasteiger partial charge in [0.1, 0.15) is 17.7 Å². The fourth-order valence-corrected chi connectivity index (χ4v) is 3.99. The number of amides is 4. The summed E-state index contributed by atoms with van der Waals surface area (Å²) in [5.74, 6) is -1.63. The molecule has 2 unspecified atom stereocenters. The predicted molar refractivity (Wildman–Crippen MR) is 139 cm³/mol. The summed E-state index contributed by atoms with van der Waals surface area (Å²) in [6.07, 6.45) is 4.45. The third-order valence-corrected chi connectivity index (χ3v) is 5.94. The molecule has 9 heteroatoms. The molecule has 2 rings (SSSR count). The van der Waals surface area contributed by atoms with Crippen LogP contribution in [0.25, 0.3) is 6.08 Å². The van der Waals surface area contributed by atoms with E-state index in [1.54, 1.807) is 32.9 Å². The molecule has 1 aliphatic rings. The summed E-state index contributed by atoms with van der Waals surface area (Å²) in [7, 11) is 0. The monoisotopic (exact) mass is 500 g/mol. The lowest BCUT2D eigenvalue weighted by atomic mass is 9.87. The Morgan fingerprint density at radius 1 is 1.25 bits per heavy atom. The van der Waals surface area contributed by atoms with Gasteiger partial charge in [-0.05, 0) is 63.6 Å². The van der Waals surface area contributed by atoms with Gasteiger partial charge in [-0.2, -0.15) is 0 Å². The number of alkyl carbamates (subject to hydrolysis) is 1. The first-order valence-corrected chi connectivity index (χ1v) is 12.6. The maximum Gasteiger partial charge on any atom is 0.408 e. The Morgan fingerprint density at radius 2 is 1.94 bits per heavy atom. The van der Waals surface area contributed by atoms with Crippen LogP contribution in [0.3, 0.4) is 0 Å². The lowest BCUT2D eigenvalue weighted by Crippen LogP contribution is -2.58. The van der Waals surface area contributed by atoms with Gasteiger partial charge in [-0.15, -0.1) is 0 Å². The third-order valence-electron chi connectivity index (χ3n) is 5.94. The fraction of sp³-hybridized carbons (Fsp3) is 0.556. The molecule has 4 amide bonds. The number of hydrogen-bond acceptors (Lipinski definition) is 5. The van der Waals surface area contributed by atoms with Crippen molar-refractivity contribution in [1.29, 1.82) is 0 Å². The zero-order valence-electron chi connectivity index (χ0n) is 21.8. The lowest BCUT2D eigenvalue weighted by molar-refractivity contribution is -0.148. The minimum absolute atomic E-state index is 0.220. The van der Waals surface area contributed by atoms with E-state index in [-0.39, 0.29) is 11.9 Å². The van der Waals surface area contributed by atoms with Crippen molar-refractivity contribution in [2.75, 3.05) is 6.54 Å². The number of nitrogens with two attached hydrogens (primary N) is 1. The average Bonchev–Trinajstić information content (AvgIpc) is 2.75. The zero-order chi connectivity index (χ0) is 26.9. The molecule has 1 fully saturated rings. The van der Waals surface area contributed by atoms with E-state index in [0.29, 0.717) is 24.9 Å². The van der Waals surface area contributed by atoms with Crippen LogP contribution in [0, 0.1) is 0 Å². The topological polar surface area (TPSA) is 131 Å². The van der Waals surface area contributed by atoms with Gasteiger partial charge in [0, 0.05) is 12.6 Å². The average molecular weight is 501 g/mol. The van der Waals surface area contributed by atoms with E-state index >= 15 is 0 Å². The van der Waals surface area contributed by atoms with Gasteiger partial charge in [0.05, 0.1) is 6.42 Å². The number of rotatable bonds is 12. The number of benzene rings is 1. The molecule has 1 saturated carbocycles. The van der Waals surface area contributed by atoms with E-state index in [1.165, 1.54) is 4.90 Å². The molecule has 1 aromatic carbocycles. The Kier molecular flexibility index (Phi) is 10.5. The molecule has 1 aromatic rings. The minimum atomic E-state index is -1.27.